The number of hydrogen-bond donors (Lipinski definition) is 1. The van der Waals surface area contributed by atoms with E-state index in [1.54, 1.807) is 12.1 Å². The number of amides is 3. The lowest BCUT2D eigenvalue weighted by Gasteiger charge is -2.12. The molecule has 0 aromatic heterocycles. The van der Waals surface area contributed by atoms with Crippen molar-refractivity contribution in [2.24, 2.45) is 0 Å². The topological polar surface area (TPSA) is 110 Å². The third-order valence-electron chi connectivity index (χ3n) is 4.97. The molecule has 4 rings (SSSR count). The summed E-state index contributed by atoms with van der Waals surface area (Å²) in [4.78, 5) is 37.3. The molecule has 1 aliphatic rings. The van der Waals surface area contributed by atoms with Crippen molar-refractivity contribution >= 4 is 50.7 Å². The van der Waals surface area contributed by atoms with Gasteiger partial charge in [-0.2, -0.15) is 8.42 Å². The van der Waals surface area contributed by atoms with Gasteiger partial charge in [0.05, 0.1) is 11.4 Å². The van der Waals surface area contributed by atoms with Crippen LogP contribution < -0.4 is 9.50 Å². The minimum Gasteiger partial charge on any atom is -0.379 e. The molecule has 1 heterocycles. The molecule has 1 saturated heterocycles. The molecule has 0 spiro atoms. The van der Waals surface area contributed by atoms with Crippen LogP contribution in [0.4, 0.5) is 14.9 Å². The zero-order valence-electron chi connectivity index (χ0n) is 18.8. The minimum absolute atomic E-state index is 0.0265. The van der Waals surface area contributed by atoms with E-state index in [1.165, 1.54) is 73.7 Å². The normalized spacial score (nSPS) is 14.8. The summed E-state index contributed by atoms with van der Waals surface area (Å²) in [5.74, 6) is -1.10. The molecular weight excluding hydrogens is 507 g/mol. The first-order valence-electron chi connectivity index (χ1n) is 10.5. The van der Waals surface area contributed by atoms with E-state index >= 15 is 0 Å². The molecule has 11 heteroatoms. The van der Waals surface area contributed by atoms with Crippen molar-refractivity contribution in [1.29, 1.82) is 0 Å². The fraction of sp³-hybridized carbons (Fsp3) is 0.0800. The molecule has 0 atom stereocenters. The van der Waals surface area contributed by atoms with Gasteiger partial charge >= 0.3 is 10.1 Å². The van der Waals surface area contributed by atoms with E-state index in [1.807, 2.05) is 0 Å². The molecule has 0 radical (unpaired) electrons. The van der Waals surface area contributed by atoms with Gasteiger partial charge in [-0.05, 0) is 77.5 Å². The Bertz CT molecular complexity index is 1450. The van der Waals surface area contributed by atoms with Crippen molar-refractivity contribution in [3.63, 3.8) is 0 Å². The van der Waals surface area contributed by atoms with Gasteiger partial charge in [-0.1, -0.05) is 24.3 Å². The summed E-state index contributed by atoms with van der Waals surface area (Å²) in [6, 6.07) is 17.0. The smallest absolute Gasteiger partial charge is 0.339 e. The van der Waals surface area contributed by atoms with E-state index in [0.29, 0.717) is 16.8 Å². The largest absolute Gasteiger partial charge is 0.379 e. The average Bonchev–Trinajstić information content (AvgIpc) is 3.09. The molecule has 3 aromatic carbocycles. The van der Waals surface area contributed by atoms with Crippen molar-refractivity contribution in [3.8, 4) is 5.75 Å². The number of anilines is 1. The summed E-state index contributed by atoms with van der Waals surface area (Å²) in [5, 5.41) is 2.11. The van der Waals surface area contributed by atoms with Gasteiger partial charge in [0.15, 0.2) is 0 Å². The summed E-state index contributed by atoms with van der Waals surface area (Å²) >= 11 is 0.786. The highest BCUT2D eigenvalue weighted by Crippen LogP contribution is 2.33. The van der Waals surface area contributed by atoms with Gasteiger partial charge in [-0.25, -0.2) is 4.39 Å². The molecule has 3 aromatic rings. The maximum absolute atomic E-state index is 13.1. The molecule has 0 unspecified atom stereocenters. The third-order valence-corrected chi connectivity index (χ3v) is 7.14. The van der Waals surface area contributed by atoms with Crippen LogP contribution in [0.5, 0.6) is 5.75 Å². The van der Waals surface area contributed by atoms with Gasteiger partial charge in [-0.15, -0.1) is 0 Å². The monoisotopic (exact) mass is 526 g/mol. The van der Waals surface area contributed by atoms with Crippen LogP contribution >= 0.6 is 11.8 Å². The first-order chi connectivity index (χ1) is 17.1. The number of halogens is 1. The lowest BCUT2D eigenvalue weighted by molar-refractivity contribution is -0.123. The predicted molar refractivity (Wildman–Crippen MR) is 133 cm³/mol. The lowest BCUT2D eigenvalue weighted by atomic mass is 10.2. The fourth-order valence-electron chi connectivity index (χ4n) is 3.26. The van der Waals surface area contributed by atoms with E-state index in [9.17, 15) is 27.2 Å². The number of thioether (sulfide) groups is 1. The Morgan fingerprint density at radius 3 is 2.25 bits per heavy atom. The van der Waals surface area contributed by atoms with Crippen LogP contribution in [0.3, 0.4) is 0 Å². The number of nitrogens with zero attached hydrogens (tertiary/aromatic N) is 1. The van der Waals surface area contributed by atoms with Crippen molar-refractivity contribution in [2.75, 3.05) is 5.32 Å². The number of imide groups is 1. The highest BCUT2D eigenvalue weighted by Gasteiger charge is 2.35. The standard InChI is InChI=1S/C25H19FN2O6S2/c1-16(29)27-20-8-12-22(13-9-20)36(32,33)34-21-10-4-17(5-11-21)14-23-24(30)28(25(31)35-23)15-18-2-6-19(26)7-3-18/h2-14H,15H2,1H3,(H,27,29)/b23-14-. The lowest BCUT2D eigenvalue weighted by Crippen LogP contribution is -2.27. The molecule has 0 bridgehead atoms. The molecule has 1 N–H and O–H groups in total. The predicted octanol–water partition coefficient (Wildman–Crippen LogP) is 4.79. The molecule has 1 fully saturated rings. The van der Waals surface area contributed by atoms with Crippen LogP contribution in [0.15, 0.2) is 82.6 Å². The number of carbonyl (C=O) groups is 3. The molecule has 184 valence electrons. The summed E-state index contributed by atoms with van der Waals surface area (Å²) in [7, 11) is -4.11. The van der Waals surface area contributed by atoms with Crippen molar-refractivity contribution in [1.82, 2.24) is 4.90 Å². The molecular formula is C25H19FN2O6S2. The number of hydrogen-bond acceptors (Lipinski definition) is 7. The quantitative estimate of drug-likeness (QED) is 0.348. The van der Waals surface area contributed by atoms with Gasteiger partial charge in [0.1, 0.15) is 16.5 Å². The Morgan fingerprint density at radius 2 is 1.64 bits per heavy atom. The van der Waals surface area contributed by atoms with Gasteiger partial charge in [0.2, 0.25) is 5.91 Å². The molecule has 1 aliphatic heterocycles. The third kappa shape index (κ3) is 5.99. The van der Waals surface area contributed by atoms with Crippen LogP contribution in [-0.2, 0) is 26.3 Å². The highest BCUT2D eigenvalue weighted by molar-refractivity contribution is 8.18. The number of carbonyl (C=O) groups excluding carboxylic acids is 3. The Hall–Kier alpha value is -3.96. The second-order valence-electron chi connectivity index (χ2n) is 7.71. The molecule has 8 nitrogen and oxygen atoms in total. The molecule has 36 heavy (non-hydrogen) atoms. The van der Waals surface area contributed by atoms with Crippen LogP contribution in [0, 0.1) is 5.82 Å². The zero-order chi connectivity index (χ0) is 25.9. The van der Waals surface area contributed by atoms with Gasteiger partial charge in [0.25, 0.3) is 11.1 Å². The maximum atomic E-state index is 13.1. The fourth-order valence-corrected chi connectivity index (χ4v) is 5.03. The summed E-state index contributed by atoms with van der Waals surface area (Å²) < 4.78 is 43.4. The van der Waals surface area contributed by atoms with Crippen molar-refractivity contribution in [3.05, 3.63) is 94.6 Å². The number of nitrogens with one attached hydrogen (secondary N) is 1. The second kappa shape index (κ2) is 10.3. The van der Waals surface area contributed by atoms with Gasteiger partial charge in [-0.3, -0.25) is 19.3 Å². The van der Waals surface area contributed by atoms with Crippen molar-refractivity contribution in [2.45, 2.75) is 18.4 Å². The van der Waals surface area contributed by atoms with E-state index in [-0.39, 0.29) is 28.0 Å². The van der Waals surface area contributed by atoms with E-state index in [4.69, 9.17) is 4.18 Å². The van der Waals surface area contributed by atoms with Gasteiger partial charge < -0.3 is 9.50 Å². The molecule has 3 amide bonds. The SMILES string of the molecule is CC(=O)Nc1ccc(S(=O)(=O)Oc2ccc(/C=C3\SC(=O)N(Cc4ccc(F)cc4)C3=O)cc2)cc1. The Morgan fingerprint density at radius 1 is 1.00 bits per heavy atom. The Balaban J connectivity index is 1.43. The van der Waals surface area contributed by atoms with E-state index in [0.717, 1.165) is 16.7 Å². The molecule has 0 saturated carbocycles. The van der Waals surface area contributed by atoms with Crippen molar-refractivity contribution < 1.29 is 31.4 Å². The summed E-state index contributed by atoms with van der Waals surface area (Å²) in [6.07, 6.45) is 1.52. The first kappa shape index (κ1) is 25.1. The Kier molecular flexibility index (Phi) is 7.22. The first-order valence-corrected chi connectivity index (χ1v) is 12.8. The average molecular weight is 527 g/mol. The summed E-state index contributed by atoms with van der Waals surface area (Å²) in [5.41, 5.74) is 1.63. The molecule has 0 aliphatic carbocycles. The van der Waals surface area contributed by atoms with E-state index < -0.39 is 27.1 Å². The number of rotatable bonds is 7. The maximum Gasteiger partial charge on any atom is 0.339 e. The van der Waals surface area contributed by atoms with Gasteiger partial charge in [0, 0.05) is 12.6 Å². The van der Waals surface area contributed by atoms with Crippen LogP contribution in [-0.4, -0.2) is 30.4 Å². The minimum atomic E-state index is -4.11. The highest BCUT2D eigenvalue weighted by atomic mass is 32.2. The Labute approximate surface area is 210 Å². The van der Waals surface area contributed by atoms with Crippen LogP contribution in [0.1, 0.15) is 18.1 Å². The summed E-state index contributed by atoms with van der Waals surface area (Å²) in [6.45, 7) is 1.37. The zero-order valence-corrected chi connectivity index (χ0v) is 20.4. The van der Waals surface area contributed by atoms with Crippen LogP contribution in [0.2, 0.25) is 0 Å². The van der Waals surface area contributed by atoms with E-state index in [2.05, 4.69) is 5.32 Å². The van der Waals surface area contributed by atoms with Crippen LogP contribution in [0.25, 0.3) is 6.08 Å². The number of benzene rings is 3. The second-order valence-corrected chi connectivity index (χ2v) is 10.2.